The van der Waals surface area contributed by atoms with Gasteiger partial charge in [-0.05, 0) is 44.0 Å². The first-order chi connectivity index (χ1) is 15.3. The monoisotopic (exact) mass is 440 g/mol. The van der Waals surface area contributed by atoms with Gasteiger partial charge >= 0.3 is 11.7 Å². The van der Waals surface area contributed by atoms with Gasteiger partial charge < -0.3 is 10.1 Å². The molecule has 1 N–H and O–H groups in total. The summed E-state index contributed by atoms with van der Waals surface area (Å²) in [6.45, 7) is 1.13. The molecule has 3 aromatic rings. The van der Waals surface area contributed by atoms with Crippen molar-refractivity contribution in [1.29, 1.82) is 0 Å². The zero-order valence-corrected chi connectivity index (χ0v) is 17.6. The third-order valence-corrected chi connectivity index (χ3v) is 5.22. The number of nitrogens with zero attached hydrogens (tertiary/aromatic N) is 3. The fourth-order valence-electron chi connectivity index (χ4n) is 3.51. The number of carbonyl (C=O) groups is 2. The van der Waals surface area contributed by atoms with Crippen molar-refractivity contribution in [1.82, 2.24) is 14.1 Å². The number of rotatable bonds is 6. The molecule has 1 aromatic carbocycles. The van der Waals surface area contributed by atoms with Gasteiger partial charge in [0.1, 0.15) is 18.0 Å². The minimum absolute atomic E-state index is 0.0126. The summed E-state index contributed by atoms with van der Waals surface area (Å²) in [5, 5.41) is 2.36. The van der Waals surface area contributed by atoms with E-state index in [1.807, 2.05) is 0 Å². The molecule has 1 aliphatic carbocycles. The molecule has 1 aliphatic rings. The van der Waals surface area contributed by atoms with Gasteiger partial charge in [-0.25, -0.2) is 19.0 Å². The summed E-state index contributed by atoms with van der Waals surface area (Å²) >= 11 is 0. The fourth-order valence-corrected chi connectivity index (χ4v) is 3.51. The van der Waals surface area contributed by atoms with Crippen LogP contribution in [-0.2, 0) is 23.1 Å². The normalized spacial score (nSPS) is 13.2. The smallest absolute Gasteiger partial charge is 0.339 e. The number of benzene rings is 1. The molecule has 10 heteroatoms. The number of nitrogens with one attached hydrogen (secondary N) is 1. The minimum atomic E-state index is -0.824. The van der Waals surface area contributed by atoms with E-state index in [1.54, 1.807) is 6.92 Å². The van der Waals surface area contributed by atoms with Crippen LogP contribution in [0.4, 0.5) is 10.1 Å². The predicted molar refractivity (Wildman–Crippen MR) is 114 cm³/mol. The van der Waals surface area contributed by atoms with Crippen molar-refractivity contribution in [3.05, 3.63) is 68.2 Å². The Balaban J connectivity index is 1.81. The number of hydrogen-bond donors (Lipinski definition) is 1. The summed E-state index contributed by atoms with van der Waals surface area (Å²) in [4.78, 5) is 55.6. The lowest BCUT2D eigenvalue weighted by atomic mass is 10.1. The first-order valence-electron chi connectivity index (χ1n) is 10.2. The molecule has 2 heterocycles. The van der Waals surface area contributed by atoms with Crippen LogP contribution >= 0.6 is 0 Å². The van der Waals surface area contributed by atoms with E-state index < -0.39 is 35.5 Å². The Morgan fingerprint density at radius 2 is 2.00 bits per heavy atom. The number of hydrogen-bond acceptors (Lipinski definition) is 6. The highest BCUT2D eigenvalue weighted by atomic mass is 19.1. The summed E-state index contributed by atoms with van der Waals surface area (Å²) in [5.41, 5.74) is -0.699. The van der Waals surface area contributed by atoms with E-state index in [4.69, 9.17) is 4.74 Å². The Kier molecular flexibility index (Phi) is 5.60. The van der Waals surface area contributed by atoms with E-state index in [-0.39, 0.29) is 34.8 Å². The van der Waals surface area contributed by atoms with Crippen LogP contribution in [-0.4, -0.2) is 32.6 Å². The van der Waals surface area contributed by atoms with Crippen molar-refractivity contribution in [2.75, 3.05) is 11.9 Å². The molecular formula is C22H21FN4O5. The molecule has 32 heavy (non-hydrogen) atoms. The van der Waals surface area contributed by atoms with Crippen molar-refractivity contribution in [2.24, 2.45) is 7.05 Å². The second kappa shape index (κ2) is 8.37. The lowest BCUT2D eigenvalue weighted by Crippen LogP contribution is -2.42. The summed E-state index contributed by atoms with van der Waals surface area (Å²) in [5.74, 6) is -1.77. The Morgan fingerprint density at radius 1 is 1.25 bits per heavy atom. The number of pyridine rings is 1. The van der Waals surface area contributed by atoms with Gasteiger partial charge in [0.2, 0.25) is 5.91 Å². The molecule has 4 rings (SSSR count). The van der Waals surface area contributed by atoms with Crippen LogP contribution in [0.2, 0.25) is 0 Å². The Morgan fingerprint density at radius 3 is 2.66 bits per heavy atom. The highest BCUT2D eigenvalue weighted by Crippen LogP contribution is 2.39. The number of carbonyl (C=O) groups excluding carboxylic acids is 2. The molecule has 166 valence electrons. The highest BCUT2D eigenvalue weighted by molar-refractivity contribution is 6.02. The first-order valence-corrected chi connectivity index (χ1v) is 10.2. The molecule has 1 fully saturated rings. The van der Waals surface area contributed by atoms with Crippen LogP contribution in [0.15, 0.2) is 39.9 Å². The van der Waals surface area contributed by atoms with E-state index in [0.717, 1.165) is 28.0 Å². The second-order valence-corrected chi connectivity index (χ2v) is 7.58. The molecule has 0 spiro atoms. The minimum Gasteiger partial charge on any atom is -0.462 e. The molecular weight excluding hydrogens is 419 g/mol. The summed E-state index contributed by atoms with van der Waals surface area (Å²) < 4.78 is 20.3. The third-order valence-electron chi connectivity index (χ3n) is 5.22. The maximum Gasteiger partial charge on any atom is 0.339 e. The number of amides is 1. The Labute approximate surface area is 181 Å². The van der Waals surface area contributed by atoms with Crippen molar-refractivity contribution in [3.63, 3.8) is 0 Å². The molecule has 9 nitrogen and oxygen atoms in total. The van der Waals surface area contributed by atoms with Gasteiger partial charge in [0.15, 0.2) is 0 Å². The first kappa shape index (κ1) is 21.4. The summed E-state index contributed by atoms with van der Waals surface area (Å²) in [6, 6.07) is 6.76. The second-order valence-electron chi connectivity index (χ2n) is 7.58. The van der Waals surface area contributed by atoms with Gasteiger partial charge in [-0.3, -0.25) is 18.7 Å². The van der Waals surface area contributed by atoms with Gasteiger partial charge in [-0.2, -0.15) is 0 Å². The van der Waals surface area contributed by atoms with E-state index in [9.17, 15) is 23.6 Å². The molecule has 0 aliphatic heterocycles. The predicted octanol–water partition coefficient (Wildman–Crippen LogP) is 1.93. The van der Waals surface area contributed by atoms with Crippen LogP contribution in [0.25, 0.3) is 11.0 Å². The van der Waals surface area contributed by atoms with Crippen molar-refractivity contribution >= 4 is 28.6 Å². The molecule has 0 bridgehead atoms. The van der Waals surface area contributed by atoms with Crippen LogP contribution in [0.3, 0.4) is 0 Å². The van der Waals surface area contributed by atoms with E-state index >= 15 is 0 Å². The van der Waals surface area contributed by atoms with E-state index in [1.165, 1.54) is 31.3 Å². The van der Waals surface area contributed by atoms with Crippen molar-refractivity contribution in [2.45, 2.75) is 32.2 Å². The average Bonchev–Trinajstić information content (AvgIpc) is 3.60. The van der Waals surface area contributed by atoms with Crippen molar-refractivity contribution < 1.29 is 18.7 Å². The molecule has 0 radical (unpaired) electrons. The standard InChI is InChI=1S/C22H21FN4O5/c1-3-32-21(30)15-10-16(12-7-8-12)25-19-18(15)20(29)27(22(31)26(19)2)11-17(28)24-14-6-4-5-13(23)9-14/h4-6,9-10,12H,3,7-8,11H2,1-2H3,(H,24,28). The largest absolute Gasteiger partial charge is 0.462 e. The van der Waals surface area contributed by atoms with Crippen LogP contribution in [0.1, 0.15) is 41.7 Å². The number of aromatic nitrogens is 3. The van der Waals surface area contributed by atoms with Crippen molar-refractivity contribution in [3.8, 4) is 0 Å². The van der Waals surface area contributed by atoms with Gasteiger partial charge in [0.05, 0.1) is 17.6 Å². The Hall–Kier alpha value is -3.82. The topological polar surface area (TPSA) is 112 Å². The van der Waals surface area contributed by atoms with Crippen LogP contribution in [0.5, 0.6) is 0 Å². The number of halogens is 1. The molecule has 1 saturated carbocycles. The fraction of sp³-hybridized carbons (Fsp3) is 0.318. The number of aryl methyl sites for hydroxylation is 1. The summed E-state index contributed by atoms with van der Waals surface area (Å²) in [7, 11) is 1.42. The zero-order chi connectivity index (χ0) is 23.0. The maximum atomic E-state index is 13.4. The maximum absolute atomic E-state index is 13.4. The van der Waals surface area contributed by atoms with E-state index in [2.05, 4.69) is 10.3 Å². The van der Waals surface area contributed by atoms with Gasteiger partial charge in [0.25, 0.3) is 5.56 Å². The number of fused-ring (bicyclic) bond motifs is 1. The number of esters is 1. The lowest BCUT2D eigenvalue weighted by molar-refractivity contribution is -0.116. The SMILES string of the molecule is CCOC(=O)c1cc(C2CC2)nc2c1c(=O)n(CC(=O)Nc1cccc(F)c1)c(=O)n2C. The van der Waals surface area contributed by atoms with E-state index in [0.29, 0.717) is 5.69 Å². The average molecular weight is 440 g/mol. The molecule has 0 saturated heterocycles. The van der Waals surface area contributed by atoms with Gasteiger partial charge in [-0.15, -0.1) is 0 Å². The third kappa shape index (κ3) is 4.03. The Bertz CT molecular complexity index is 1360. The van der Waals surface area contributed by atoms with Gasteiger partial charge in [-0.1, -0.05) is 6.07 Å². The number of anilines is 1. The molecule has 2 aromatic heterocycles. The van der Waals surface area contributed by atoms with Gasteiger partial charge in [0, 0.05) is 24.3 Å². The number of ether oxygens (including phenoxy) is 1. The molecule has 0 atom stereocenters. The zero-order valence-electron chi connectivity index (χ0n) is 17.6. The lowest BCUT2D eigenvalue weighted by Gasteiger charge is -2.14. The highest BCUT2D eigenvalue weighted by Gasteiger charge is 2.29. The van der Waals surface area contributed by atoms with Crippen LogP contribution in [0, 0.1) is 5.82 Å². The summed E-state index contributed by atoms with van der Waals surface area (Å²) in [6.07, 6.45) is 1.82. The van der Waals surface area contributed by atoms with Crippen LogP contribution < -0.4 is 16.6 Å². The quantitative estimate of drug-likeness (QED) is 0.586. The molecule has 0 unspecified atom stereocenters. The molecule has 1 amide bonds.